The van der Waals surface area contributed by atoms with Gasteiger partial charge in [-0.2, -0.15) is 0 Å². The van der Waals surface area contributed by atoms with Crippen LogP contribution < -0.4 is 10.5 Å². The highest BCUT2D eigenvalue weighted by Crippen LogP contribution is 2.33. The van der Waals surface area contributed by atoms with Crippen LogP contribution in [0, 0.1) is 10.1 Å². The van der Waals surface area contributed by atoms with Gasteiger partial charge in [-0.05, 0) is 42.8 Å². The van der Waals surface area contributed by atoms with E-state index in [1.807, 2.05) is 0 Å². The van der Waals surface area contributed by atoms with Gasteiger partial charge in [0.15, 0.2) is 0 Å². The zero-order valence-corrected chi connectivity index (χ0v) is 11.3. The summed E-state index contributed by atoms with van der Waals surface area (Å²) in [5.41, 5.74) is 6.17. The number of nitrogens with zero attached hydrogens (tertiary/aromatic N) is 1. The van der Waals surface area contributed by atoms with Crippen LogP contribution in [-0.4, -0.2) is 11.5 Å². The number of nitro groups is 1. The molecule has 2 rings (SSSR count). The van der Waals surface area contributed by atoms with E-state index < -0.39 is 4.92 Å². The number of nitrogens with two attached hydrogens (primary N) is 1. The molecule has 6 heteroatoms. The summed E-state index contributed by atoms with van der Waals surface area (Å²) in [6.45, 7) is 0.436. The van der Waals surface area contributed by atoms with Gasteiger partial charge in [-0.3, -0.25) is 10.1 Å². The van der Waals surface area contributed by atoms with E-state index in [4.69, 9.17) is 22.1 Å². The van der Waals surface area contributed by atoms with Crippen LogP contribution in [0.25, 0.3) is 0 Å². The van der Waals surface area contributed by atoms with Crippen molar-refractivity contribution in [3.63, 3.8) is 0 Å². The molecule has 0 aliphatic carbocycles. The van der Waals surface area contributed by atoms with E-state index in [1.165, 1.54) is 6.07 Å². The van der Waals surface area contributed by atoms with Crippen LogP contribution in [0.4, 0.5) is 5.69 Å². The van der Waals surface area contributed by atoms with E-state index in [-0.39, 0.29) is 11.4 Å². The molecule has 20 heavy (non-hydrogen) atoms. The van der Waals surface area contributed by atoms with Crippen molar-refractivity contribution in [1.82, 2.24) is 0 Å². The molecule has 0 atom stereocenters. The molecule has 0 spiro atoms. The molecule has 0 unspecified atom stereocenters. The van der Waals surface area contributed by atoms with Crippen LogP contribution in [0.15, 0.2) is 42.5 Å². The average molecular weight is 293 g/mol. The Labute approximate surface area is 121 Å². The van der Waals surface area contributed by atoms with Gasteiger partial charge in [0.1, 0.15) is 5.75 Å². The molecule has 0 aromatic heterocycles. The number of ether oxygens (including phenoxy) is 1. The number of benzene rings is 2. The Kier molecular flexibility index (Phi) is 4.55. The number of nitro benzene ring substituents is 1. The van der Waals surface area contributed by atoms with Gasteiger partial charge in [0.05, 0.1) is 4.92 Å². The van der Waals surface area contributed by atoms with Crippen molar-refractivity contribution < 1.29 is 9.66 Å². The molecule has 0 bridgehead atoms. The van der Waals surface area contributed by atoms with Crippen molar-refractivity contribution in [2.24, 2.45) is 5.73 Å². The predicted octanol–water partition coefficient (Wildman–Crippen LogP) is 3.54. The summed E-state index contributed by atoms with van der Waals surface area (Å²) >= 11 is 5.85. The second-order valence-electron chi connectivity index (χ2n) is 4.16. The summed E-state index contributed by atoms with van der Waals surface area (Å²) in [4.78, 5) is 10.6. The molecule has 2 aromatic carbocycles. The van der Waals surface area contributed by atoms with E-state index in [1.54, 1.807) is 36.4 Å². The summed E-state index contributed by atoms with van der Waals surface area (Å²) in [7, 11) is 0. The predicted molar refractivity (Wildman–Crippen MR) is 77.4 cm³/mol. The van der Waals surface area contributed by atoms with Gasteiger partial charge >= 0.3 is 5.69 Å². The quantitative estimate of drug-likeness (QED) is 0.675. The minimum absolute atomic E-state index is 0.0871. The number of hydrogen-bond acceptors (Lipinski definition) is 4. The van der Waals surface area contributed by atoms with Crippen LogP contribution in [0.1, 0.15) is 5.56 Å². The Morgan fingerprint density at radius 3 is 2.70 bits per heavy atom. The highest BCUT2D eigenvalue weighted by atomic mass is 35.5. The molecule has 2 aromatic rings. The molecule has 5 nitrogen and oxygen atoms in total. The lowest BCUT2D eigenvalue weighted by molar-refractivity contribution is -0.385. The summed E-state index contributed by atoms with van der Waals surface area (Å²) < 4.78 is 5.53. The van der Waals surface area contributed by atoms with Gasteiger partial charge in [-0.15, -0.1) is 0 Å². The second-order valence-corrected chi connectivity index (χ2v) is 4.59. The van der Waals surface area contributed by atoms with Crippen LogP contribution in [-0.2, 0) is 6.42 Å². The Hall–Kier alpha value is -2.11. The molecule has 0 aliphatic heterocycles. The van der Waals surface area contributed by atoms with Crippen molar-refractivity contribution in [2.45, 2.75) is 6.42 Å². The highest BCUT2D eigenvalue weighted by Gasteiger charge is 2.16. The van der Waals surface area contributed by atoms with Gasteiger partial charge in [-0.25, -0.2) is 0 Å². The topological polar surface area (TPSA) is 78.4 Å². The van der Waals surface area contributed by atoms with E-state index >= 15 is 0 Å². The maximum atomic E-state index is 11.1. The first-order chi connectivity index (χ1) is 9.60. The number of halogens is 1. The minimum atomic E-state index is -0.472. The molecule has 0 heterocycles. The largest absolute Gasteiger partial charge is 0.450 e. The Morgan fingerprint density at radius 1 is 1.25 bits per heavy atom. The molecule has 0 radical (unpaired) electrons. The zero-order valence-electron chi connectivity index (χ0n) is 10.6. The third-order valence-electron chi connectivity index (χ3n) is 2.68. The number of hydrogen-bond donors (Lipinski definition) is 1. The van der Waals surface area contributed by atoms with Gasteiger partial charge < -0.3 is 10.5 Å². The van der Waals surface area contributed by atoms with Crippen molar-refractivity contribution in [3.05, 3.63) is 63.2 Å². The Morgan fingerprint density at radius 2 is 2.05 bits per heavy atom. The maximum absolute atomic E-state index is 11.1. The fourth-order valence-corrected chi connectivity index (χ4v) is 1.95. The van der Waals surface area contributed by atoms with Crippen molar-refractivity contribution in [2.75, 3.05) is 6.54 Å². The van der Waals surface area contributed by atoms with Gasteiger partial charge in [0, 0.05) is 11.1 Å². The van der Waals surface area contributed by atoms with Crippen LogP contribution in [0.5, 0.6) is 11.5 Å². The standard InChI is InChI=1S/C14H13ClN2O3/c15-11-2-1-3-12(9-11)20-14-5-4-10(6-7-16)8-13(14)17(18)19/h1-5,8-9H,6-7,16H2. The summed E-state index contributed by atoms with van der Waals surface area (Å²) in [6, 6.07) is 11.5. The summed E-state index contributed by atoms with van der Waals surface area (Å²) in [5, 5.41) is 11.6. The fourth-order valence-electron chi connectivity index (χ4n) is 1.77. The Bertz CT molecular complexity index is 632. The summed E-state index contributed by atoms with van der Waals surface area (Å²) in [6.07, 6.45) is 0.582. The Balaban J connectivity index is 2.33. The van der Waals surface area contributed by atoms with E-state index in [9.17, 15) is 10.1 Å². The van der Waals surface area contributed by atoms with E-state index in [0.717, 1.165) is 5.56 Å². The fraction of sp³-hybridized carbons (Fsp3) is 0.143. The molecule has 0 amide bonds. The smallest absolute Gasteiger partial charge is 0.311 e. The minimum Gasteiger partial charge on any atom is -0.450 e. The zero-order chi connectivity index (χ0) is 14.5. The van der Waals surface area contributed by atoms with Crippen molar-refractivity contribution in [3.8, 4) is 11.5 Å². The third kappa shape index (κ3) is 3.46. The van der Waals surface area contributed by atoms with Gasteiger partial charge in [0.2, 0.25) is 5.75 Å². The molecule has 104 valence electrons. The van der Waals surface area contributed by atoms with Crippen molar-refractivity contribution in [1.29, 1.82) is 0 Å². The first-order valence-electron chi connectivity index (χ1n) is 6.01. The second kappa shape index (κ2) is 6.36. The highest BCUT2D eigenvalue weighted by molar-refractivity contribution is 6.30. The van der Waals surface area contributed by atoms with Crippen LogP contribution >= 0.6 is 11.6 Å². The average Bonchev–Trinajstić information content (AvgIpc) is 2.40. The molecule has 0 saturated carbocycles. The number of rotatable bonds is 5. The van der Waals surface area contributed by atoms with Gasteiger partial charge in [0.25, 0.3) is 0 Å². The first kappa shape index (κ1) is 14.3. The van der Waals surface area contributed by atoms with Crippen LogP contribution in [0.3, 0.4) is 0 Å². The molecule has 0 saturated heterocycles. The van der Waals surface area contributed by atoms with Gasteiger partial charge in [-0.1, -0.05) is 23.7 Å². The first-order valence-corrected chi connectivity index (χ1v) is 6.39. The molecular formula is C14H13ClN2O3. The lowest BCUT2D eigenvalue weighted by atomic mass is 10.1. The normalized spacial score (nSPS) is 10.3. The summed E-state index contributed by atoms with van der Waals surface area (Å²) in [5.74, 6) is 0.630. The molecule has 0 aliphatic rings. The lowest BCUT2D eigenvalue weighted by Crippen LogP contribution is -2.03. The maximum Gasteiger partial charge on any atom is 0.311 e. The van der Waals surface area contributed by atoms with E-state index in [0.29, 0.717) is 23.7 Å². The third-order valence-corrected chi connectivity index (χ3v) is 2.91. The monoisotopic (exact) mass is 292 g/mol. The van der Waals surface area contributed by atoms with Crippen molar-refractivity contribution >= 4 is 17.3 Å². The molecule has 2 N–H and O–H groups in total. The van der Waals surface area contributed by atoms with E-state index in [2.05, 4.69) is 0 Å². The molecule has 0 fully saturated rings. The molecular weight excluding hydrogens is 280 g/mol. The van der Waals surface area contributed by atoms with Crippen LogP contribution in [0.2, 0.25) is 5.02 Å². The lowest BCUT2D eigenvalue weighted by Gasteiger charge is -2.08. The SMILES string of the molecule is NCCc1ccc(Oc2cccc(Cl)c2)c([N+](=O)[O-])c1.